The lowest BCUT2D eigenvalue weighted by Crippen LogP contribution is -2.19. The first-order valence-electron chi connectivity index (χ1n) is 10.2. The van der Waals surface area contributed by atoms with Crippen molar-refractivity contribution >= 4 is 34.2 Å². The quantitative estimate of drug-likeness (QED) is 0.460. The van der Waals surface area contributed by atoms with Gasteiger partial charge in [-0.05, 0) is 68.0 Å². The first-order chi connectivity index (χ1) is 14.5. The van der Waals surface area contributed by atoms with Crippen molar-refractivity contribution in [2.24, 2.45) is 11.7 Å². The number of anilines is 2. The molecule has 1 saturated carbocycles. The Bertz CT molecular complexity index is 1270. The molecular weight excluding hydrogens is 376 g/mol. The van der Waals surface area contributed by atoms with Crippen molar-refractivity contribution in [1.82, 2.24) is 14.4 Å². The lowest BCUT2D eigenvalue weighted by molar-refractivity contribution is 0.259. The molecule has 30 heavy (non-hydrogen) atoms. The van der Waals surface area contributed by atoms with Gasteiger partial charge in [-0.25, -0.2) is 14.8 Å². The summed E-state index contributed by atoms with van der Waals surface area (Å²) in [4.78, 5) is 20.7. The van der Waals surface area contributed by atoms with Gasteiger partial charge in [0.15, 0.2) is 11.5 Å². The number of rotatable bonds is 5. The van der Waals surface area contributed by atoms with Crippen molar-refractivity contribution in [3.05, 3.63) is 53.7 Å². The van der Waals surface area contributed by atoms with Crippen LogP contribution < -0.4 is 16.4 Å². The number of imidazole rings is 1. The van der Waals surface area contributed by atoms with Crippen LogP contribution in [-0.4, -0.2) is 26.9 Å². The molecule has 0 unspecified atom stereocenters. The monoisotopic (exact) mass is 400 g/mol. The van der Waals surface area contributed by atoms with E-state index in [4.69, 9.17) is 15.7 Å². The molecule has 0 spiro atoms. The van der Waals surface area contributed by atoms with E-state index in [1.54, 1.807) is 0 Å². The Morgan fingerprint density at radius 1 is 1.17 bits per heavy atom. The van der Waals surface area contributed by atoms with Gasteiger partial charge in [-0.3, -0.25) is 4.40 Å². The molecule has 0 bridgehead atoms. The van der Waals surface area contributed by atoms with Crippen LogP contribution in [0.1, 0.15) is 24.0 Å². The number of benzene rings is 2. The number of hydrogen-bond acceptors (Lipinski definition) is 4. The van der Waals surface area contributed by atoms with Gasteiger partial charge in [-0.2, -0.15) is 0 Å². The number of aryl methyl sites for hydroxylation is 2. The number of nitrogens with one attached hydrogen (secondary N) is 2. The predicted octanol–water partition coefficient (Wildman–Crippen LogP) is 4.48. The van der Waals surface area contributed by atoms with Gasteiger partial charge >= 0.3 is 6.03 Å². The number of nitrogens with zero attached hydrogens (tertiary/aromatic N) is 3. The zero-order valence-corrected chi connectivity index (χ0v) is 17.1. The molecule has 7 nitrogen and oxygen atoms in total. The van der Waals surface area contributed by atoms with Crippen molar-refractivity contribution < 1.29 is 4.79 Å². The van der Waals surface area contributed by atoms with E-state index in [0.29, 0.717) is 5.69 Å². The number of primary amides is 1. The zero-order valence-electron chi connectivity index (χ0n) is 17.1. The van der Waals surface area contributed by atoms with E-state index >= 15 is 0 Å². The molecule has 1 aliphatic carbocycles. The third-order valence-corrected chi connectivity index (χ3v) is 5.74. The minimum atomic E-state index is -0.577. The second-order valence-electron chi connectivity index (χ2n) is 8.08. The third kappa shape index (κ3) is 3.32. The molecule has 0 atom stereocenters. The summed E-state index contributed by atoms with van der Waals surface area (Å²) < 4.78 is 2.17. The van der Waals surface area contributed by atoms with E-state index in [0.717, 1.165) is 46.2 Å². The van der Waals surface area contributed by atoms with Crippen molar-refractivity contribution in [2.45, 2.75) is 26.7 Å². The van der Waals surface area contributed by atoms with Crippen LogP contribution >= 0.6 is 0 Å². The van der Waals surface area contributed by atoms with Crippen LogP contribution in [0.4, 0.5) is 16.3 Å². The van der Waals surface area contributed by atoms with Gasteiger partial charge in [-0.15, -0.1) is 0 Å². The normalized spacial score (nSPS) is 13.7. The Kier molecular flexibility index (Phi) is 4.31. The summed E-state index contributed by atoms with van der Waals surface area (Å²) in [7, 11) is 0. The second-order valence-corrected chi connectivity index (χ2v) is 8.08. The predicted molar refractivity (Wildman–Crippen MR) is 120 cm³/mol. The summed E-state index contributed by atoms with van der Waals surface area (Å²) in [6, 6.07) is 11.3. The number of hydrogen-bond donors (Lipinski definition) is 3. The number of amides is 2. The molecule has 2 aromatic heterocycles. The standard InChI is InChI=1S/C23H24N6O/c1-13-9-18-19(10-14(13)2)29-20(16-5-7-17(8-6-16)27-23(24)30)12-26-22(29)21(28-18)25-11-15-3-4-15/h5-10,12,15H,3-4,11H2,1-2H3,(H,25,28)(H3,24,27,30). The summed E-state index contributed by atoms with van der Waals surface area (Å²) in [6.45, 7) is 5.15. The highest BCUT2D eigenvalue weighted by molar-refractivity contribution is 5.89. The molecule has 4 aromatic rings. The minimum Gasteiger partial charge on any atom is -0.367 e. The largest absolute Gasteiger partial charge is 0.367 e. The molecule has 2 amide bonds. The van der Waals surface area contributed by atoms with E-state index in [9.17, 15) is 4.79 Å². The van der Waals surface area contributed by atoms with Crippen LogP contribution in [0.3, 0.4) is 0 Å². The molecule has 2 heterocycles. The summed E-state index contributed by atoms with van der Waals surface area (Å²) >= 11 is 0. The SMILES string of the molecule is Cc1cc2nc(NCC3CC3)c3ncc(-c4ccc(NC(N)=O)cc4)n3c2cc1C. The average molecular weight is 400 g/mol. The molecule has 2 aromatic carbocycles. The lowest BCUT2D eigenvalue weighted by Gasteiger charge is -2.13. The van der Waals surface area contributed by atoms with Gasteiger partial charge in [0.2, 0.25) is 0 Å². The maximum absolute atomic E-state index is 11.1. The summed E-state index contributed by atoms with van der Waals surface area (Å²) in [5.74, 6) is 1.55. The summed E-state index contributed by atoms with van der Waals surface area (Å²) in [5, 5.41) is 6.11. The molecule has 4 N–H and O–H groups in total. The molecule has 0 radical (unpaired) electrons. The summed E-state index contributed by atoms with van der Waals surface area (Å²) in [6.07, 6.45) is 4.44. The van der Waals surface area contributed by atoms with Crippen LogP contribution in [0.15, 0.2) is 42.6 Å². The van der Waals surface area contributed by atoms with Gasteiger partial charge in [0.1, 0.15) is 0 Å². The second kappa shape index (κ2) is 7.02. The van der Waals surface area contributed by atoms with Crippen LogP contribution in [0.2, 0.25) is 0 Å². The first kappa shape index (κ1) is 18.4. The fourth-order valence-corrected chi connectivity index (χ4v) is 3.74. The molecule has 1 aliphatic rings. The van der Waals surface area contributed by atoms with E-state index in [2.05, 4.69) is 41.0 Å². The van der Waals surface area contributed by atoms with Gasteiger partial charge in [0.05, 0.1) is 22.9 Å². The molecule has 0 aliphatic heterocycles. The smallest absolute Gasteiger partial charge is 0.316 e. The van der Waals surface area contributed by atoms with Crippen LogP contribution in [0.5, 0.6) is 0 Å². The van der Waals surface area contributed by atoms with Crippen LogP contribution in [-0.2, 0) is 0 Å². The fourth-order valence-electron chi connectivity index (χ4n) is 3.74. The van der Waals surface area contributed by atoms with Crippen LogP contribution in [0, 0.1) is 19.8 Å². The Morgan fingerprint density at radius 3 is 2.60 bits per heavy atom. The molecule has 152 valence electrons. The Morgan fingerprint density at radius 2 is 1.90 bits per heavy atom. The van der Waals surface area contributed by atoms with Crippen molar-refractivity contribution in [3.8, 4) is 11.3 Å². The average Bonchev–Trinajstić information content (AvgIpc) is 3.44. The Balaban J connectivity index is 1.68. The van der Waals surface area contributed by atoms with Crippen molar-refractivity contribution in [2.75, 3.05) is 17.2 Å². The highest BCUT2D eigenvalue weighted by atomic mass is 16.2. The van der Waals surface area contributed by atoms with E-state index in [1.165, 1.54) is 24.0 Å². The number of carbonyl (C=O) groups is 1. The molecule has 5 rings (SSSR count). The van der Waals surface area contributed by atoms with Crippen molar-refractivity contribution in [1.29, 1.82) is 0 Å². The third-order valence-electron chi connectivity index (χ3n) is 5.74. The maximum Gasteiger partial charge on any atom is 0.316 e. The topological polar surface area (TPSA) is 97.3 Å². The number of aromatic nitrogens is 3. The molecule has 7 heteroatoms. The van der Waals surface area contributed by atoms with Crippen molar-refractivity contribution in [3.63, 3.8) is 0 Å². The Hall–Kier alpha value is -3.61. The molecule has 0 saturated heterocycles. The van der Waals surface area contributed by atoms with E-state index in [-0.39, 0.29) is 0 Å². The minimum absolute atomic E-state index is 0.577. The highest BCUT2D eigenvalue weighted by Crippen LogP contribution is 2.32. The van der Waals surface area contributed by atoms with E-state index < -0.39 is 6.03 Å². The highest BCUT2D eigenvalue weighted by Gasteiger charge is 2.22. The van der Waals surface area contributed by atoms with Gasteiger partial charge in [-0.1, -0.05) is 12.1 Å². The zero-order chi connectivity index (χ0) is 20.8. The van der Waals surface area contributed by atoms with E-state index in [1.807, 2.05) is 30.5 Å². The summed E-state index contributed by atoms with van der Waals surface area (Å²) in [5.41, 5.74) is 13.1. The van der Waals surface area contributed by atoms with Gasteiger partial charge in [0, 0.05) is 17.8 Å². The fraction of sp³-hybridized carbons (Fsp3) is 0.261. The molecular formula is C23H24N6O. The lowest BCUT2D eigenvalue weighted by atomic mass is 10.1. The first-order valence-corrected chi connectivity index (χ1v) is 10.2. The number of urea groups is 1. The maximum atomic E-state index is 11.1. The number of carbonyl (C=O) groups excluding carboxylic acids is 1. The van der Waals surface area contributed by atoms with Gasteiger partial charge in [0.25, 0.3) is 0 Å². The molecule has 1 fully saturated rings. The van der Waals surface area contributed by atoms with Gasteiger partial charge < -0.3 is 16.4 Å². The van der Waals surface area contributed by atoms with Crippen LogP contribution in [0.25, 0.3) is 27.9 Å². The Labute approximate surface area is 174 Å². The number of fused-ring (bicyclic) bond motifs is 3. The number of nitrogens with two attached hydrogens (primary N) is 1.